The van der Waals surface area contributed by atoms with Crippen LogP contribution in [-0.4, -0.2) is 25.3 Å². The first-order valence-electron chi connectivity index (χ1n) is 4.89. The quantitative estimate of drug-likeness (QED) is 0.747. The summed E-state index contributed by atoms with van der Waals surface area (Å²) in [6.07, 6.45) is 1.14. The van der Waals surface area contributed by atoms with E-state index in [0.29, 0.717) is 11.7 Å². The monoisotopic (exact) mass is 193 g/mol. The van der Waals surface area contributed by atoms with Crippen LogP contribution in [0.15, 0.2) is 18.2 Å². The molecule has 0 radical (unpaired) electrons. The summed E-state index contributed by atoms with van der Waals surface area (Å²) in [5.41, 5.74) is 1.19. The summed E-state index contributed by atoms with van der Waals surface area (Å²) in [5, 5.41) is 12.9. The van der Waals surface area contributed by atoms with Crippen LogP contribution in [0.5, 0.6) is 11.5 Å². The molecule has 0 spiro atoms. The average Bonchev–Trinajstić information content (AvgIpc) is 2.70. The van der Waals surface area contributed by atoms with E-state index in [1.807, 2.05) is 12.1 Å². The SMILES string of the molecule is COc1ccc(C2CCNC2)cc1O. The zero-order valence-corrected chi connectivity index (χ0v) is 8.29. The number of phenolic OH excluding ortho intramolecular Hbond substituents is 1. The lowest BCUT2D eigenvalue weighted by atomic mass is 9.98. The Bertz CT molecular complexity index is 319. The second-order valence-electron chi connectivity index (χ2n) is 3.62. The van der Waals surface area contributed by atoms with Gasteiger partial charge in [-0.05, 0) is 36.6 Å². The molecule has 2 N–H and O–H groups in total. The van der Waals surface area contributed by atoms with E-state index in [-0.39, 0.29) is 5.75 Å². The Morgan fingerprint density at radius 2 is 2.36 bits per heavy atom. The van der Waals surface area contributed by atoms with Gasteiger partial charge < -0.3 is 15.2 Å². The van der Waals surface area contributed by atoms with Crippen LogP contribution in [0.25, 0.3) is 0 Å². The molecule has 1 fully saturated rings. The van der Waals surface area contributed by atoms with E-state index in [4.69, 9.17) is 4.74 Å². The molecule has 0 saturated carbocycles. The fraction of sp³-hybridized carbons (Fsp3) is 0.455. The second-order valence-corrected chi connectivity index (χ2v) is 3.62. The highest BCUT2D eigenvalue weighted by molar-refractivity contribution is 5.43. The summed E-state index contributed by atoms with van der Waals surface area (Å²) in [6, 6.07) is 5.65. The van der Waals surface area contributed by atoms with E-state index in [1.165, 1.54) is 5.56 Å². The van der Waals surface area contributed by atoms with Crippen molar-refractivity contribution in [2.75, 3.05) is 20.2 Å². The third-order valence-electron chi connectivity index (χ3n) is 2.73. The van der Waals surface area contributed by atoms with Crippen molar-refractivity contribution in [1.29, 1.82) is 0 Å². The van der Waals surface area contributed by atoms with Gasteiger partial charge in [0.2, 0.25) is 0 Å². The standard InChI is InChI=1S/C11H15NO2/c1-14-11-3-2-8(6-10(11)13)9-4-5-12-7-9/h2-3,6,9,12-13H,4-5,7H2,1H3. The van der Waals surface area contributed by atoms with Crippen LogP contribution < -0.4 is 10.1 Å². The first kappa shape index (κ1) is 9.34. The van der Waals surface area contributed by atoms with Crippen LogP contribution in [0.1, 0.15) is 17.9 Å². The molecule has 3 heteroatoms. The van der Waals surface area contributed by atoms with Crippen molar-refractivity contribution >= 4 is 0 Å². The molecule has 0 bridgehead atoms. The van der Waals surface area contributed by atoms with Gasteiger partial charge in [0.25, 0.3) is 0 Å². The average molecular weight is 193 g/mol. The van der Waals surface area contributed by atoms with E-state index >= 15 is 0 Å². The number of phenols is 1. The number of hydrogen-bond donors (Lipinski definition) is 2. The highest BCUT2D eigenvalue weighted by Crippen LogP contribution is 2.31. The Labute approximate surface area is 83.7 Å². The molecule has 1 saturated heterocycles. The van der Waals surface area contributed by atoms with Crippen LogP contribution >= 0.6 is 0 Å². The predicted octanol–water partition coefficient (Wildman–Crippen LogP) is 1.48. The number of hydrogen-bond acceptors (Lipinski definition) is 3. The number of ether oxygens (including phenoxy) is 1. The molecule has 0 aliphatic carbocycles. The van der Waals surface area contributed by atoms with Crippen LogP contribution in [0.4, 0.5) is 0 Å². The maximum absolute atomic E-state index is 9.61. The predicted molar refractivity (Wildman–Crippen MR) is 54.9 cm³/mol. The smallest absolute Gasteiger partial charge is 0.160 e. The molecular formula is C11H15NO2. The molecule has 3 nitrogen and oxygen atoms in total. The Morgan fingerprint density at radius 3 is 2.93 bits per heavy atom. The lowest BCUT2D eigenvalue weighted by Gasteiger charge is -2.10. The highest BCUT2D eigenvalue weighted by Gasteiger charge is 2.17. The third kappa shape index (κ3) is 1.68. The first-order chi connectivity index (χ1) is 6.81. The molecule has 1 aromatic rings. The van der Waals surface area contributed by atoms with Gasteiger partial charge in [0.05, 0.1) is 7.11 Å². The van der Waals surface area contributed by atoms with E-state index < -0.39 is 0 Å². The molecule has 1 aliphatic rings. The van der Waals surface area contributed by atoms with Crippen molar-refractivity contribution in [3.8, 4) is 11.5 Å². The maximum atomic E-state index is 9.61. The molecule has 0 amide bonds. The van der Waals surface area contributed by atoms with Crippen molar-refractivity contribution < 1.29 is 9.84 Å². The van der Waals surface area contributed by atoms with Gasteiger partial charge in [-0.3, -0.25) is 0 Å². The van der Waals surface area contributed by atoms with Gasteiger partial charge in [-0.15, -0.1) is 0 Å². The normalized spacial score (nSPS) is 21.1. The van der Waals surface area contributed by atoms with Gasteiger partial charge in [0.1, 0.15) is 0 Å². The largest absolute Gasteiger partial charge is 0.504 e. The van der Waals surface area contributed by atoms with Crippen molar-refractivity contribution in [3.63, 3.8) is 0 Å². The van der Waals surface area contributed by atoms with Gasteiger partial charge in [-0.25, -0.2) is 0 Å². The van der Waals surface area contributed by atoms with Crippen molar-refractivity contribution in [3.05, 3.63) is 23.8 Å². The van der Waals surface area contributed by atoms with Gasteiger partial charge in [-0.2, -0.15) is 0 Å². The molecule has 1 unspecified atom stereocenters. The van der Waals surface area contributed by atoms with Crippen LogP contribution in [0.3, 0.4) is 0 Å². The Balaban J connectivity index is 2.23. The molecule has 0 aromatic heterocycles. The maximum Gasteiger partial charge on any atom is 0.160 e. The molecule has 1 aromatic carbocycles. The highest BCUT2D eigenvalue weighted by atomic mass is 16.5. The second kappa shape index (κ2) is 3.88. The van der Waals surface area contributed by atoms with E-state index in [2.05, 4.69) is 5.32 Å². The number of nitrogens with one attached hydrogen (secondary N) is 1. The van der Waals surface area contributed by atoms with E-state index in [9.17, 15) is 5.11 Å². The Kier molecular flexibility index (Phi) is 2.59. The lowest BCUT2D eigenvalue weighted by molar-refractivity contribution is 0.373. The summed E-state index contributed by atoms with van der Waals surface area (Å²) >= 11 is 0. The topological polar surface area (TPSA) is 41.5 Å². The Morgan fingerprint density at radius 1 is 1.50 bits per heavy atom. The van der Waals surface area contributed by atoms with Crippen molar-refractivity contribution in [1.82, 2.24) is 5.32 Å². The van der Waals surface area contributed by atoms with Gasteiger partial charge >= 0.3 is 0 Å². The van der Waals surface area contributed by atoms with Crippen LogP contribution in [0, 0.1) is 0 Å². The van der Waals surface area contributed by atoms with Gasteiger partial charge in [0.15, 0.2) is 11.5 Å². The van der Waals surface area contributed by atoms with Crippen molar-refractivity contribution in [2.45, 2.75) is 12.3 Å². The summed E-state index contributed by atoms with van der Waals surface area (Å²) in [6.45, 7) is 2.07. The number of aromatic hydroxyl groups is 1. The van der Waals surface area contributed by atoms with Crippen molar-refractivity contribution in [2.24, 2.45) is 0 Å². The van der Waals surface area contributed by atoms with E-state index in [0.717, 1.165) is 19.5 Å². The summed E-state index contributed by atoms with van der Waals surface area (Å²) in [4.78, 5) is 0. The number of benzene rings is 1. The van der Waals surface area contributed by atoms with Gasteiger partial charge in [-0.1, -0.05) is 6.07 Å². The summed E-state index contributed by atoms with van der Waals surface area (Å²) in [7, 11) is 1.56. The lowest BCUT2D eigenvalue weighted by Crippen LogP contribution is -2.07. The minimum atomic E-state index is 0.233. The molecule has 1 aliphatic heterocycles. The Hall–Kier alpha value is -1.22. The fourth-order valence-corrected chi connectivity index (χ4v) is 1.90. The molecule has 14 heavy (non-hydrogen) atoms. The first-order valence-corrected chi connectivity index (χ1v) is 4.89. The molecule has 1 heterocycles. The third-order valence-corrected chi connectivity index (χ3v) is 2.73. The molecule has 2 rings (SSSR count). The van der Waals surface area contributed by atoms with Gasteiger partial charge in [0, 0.05) is 6.54 Å². The summed E-state index contributed by atoms with van der Waals surface area (Å²) < 4.78 is 5.00. The summed E-state index contributed by atoms with van der Waals surface area (Å²) in [5.74, 6) is 1.31. The fourth-order valence-electron chi connectivity index (χ4n) is 1.90. The van der Waals surface area contributed by atoms with Crippen LogP contribution in [0.2, 0.25) is 0 Å². The zero-order chi connectivity index (χ0) is 9.97. The number of methoxy groups -OCH3 is 1. The zero-order valence-electron chi connectivity index (χ0n) is 8.29. The number of rotatable bonds is 2. The molecular weight excluding hydrogens is 178 g/mol. The van der Waals surface area contributed by atoms with Crippen LogP contribution in [-0.2, 0) is 0 Å². The minimum Gasteiger partial charge on any atom is -0.504 e. The molecule has 76 valence electrons. The molecule has 1 atom stereocenters. The van der Waals surface area contributed by atoms with E-state index in [1.54, 1.807) is 13.2 Å². The minimum absolute atomic E-state index is 0.233.